The second-order valence-corrected chi connectivity index (χ2v) is 11.4. The molecule has 0 spiro atoms. The maximum atomic E-state index is 12.8. The number of aliphatic hydroxyl groups is 1. The van der Waals surface area contributed by atoms with Crippen LogP contribution in [0.3, 0.4) is 0 Å². The van der Waals surface area contributed by atoms with Gasteiger partial charge in [0.15, 0.2) is 5.13 Å². The van der Waals surface area contributed by atoms with Crippen LogP contribution in [0.25, 0.3) is 11.3 Å². The Morgan fingerprint density at radius 2 is 2.02 bits per heavy atom. The smallest absolute Gasteiger partial charge is 0.311 e. The van der Waals surface area contributed by atoms with E-state index in [1.807, 2.05) is 56.5 Å². The molecule has 40 heavy (non-hydrogen) atoms. The van der Waals surface area contributed by atoms with Crippen LogP contribution in [0, 0.1) is 25.7 Å². The van der Waals surface area contributed by atoms with Gasteiger partial charge in [-0.25, -0.2) is 4.98 Å². The monoisotopic (exact) mass is 561 g/mol. The summed E-state index contributed by atoms with van der Waals surface area (Å²) < 4.78 is 6.31. The molecule has 1 aromatic heterocycles. The third-order valence-corrected chi connectivity index (χ3v) is 8.73. The van der Waals surface area contributed by atoms with Gasteiger partial charge in [0.2, 0.25) is 0 Å². The highest BCUT2D eigenvalue weighted by atomic mass is 32.1. The SMILES string of the molecule is CCN(CCO)C(=O)c1ccc(COc2ccc(C)cc2-c2csc(N3CC4=CC[C@H](C3)[C@@H]4C(=O)O)n2)c(C)c1. The first-order valence-corrected chi connectivity index (χ1v) is 14.5. The normalized spacial score (nSPS) is 18.0. The summed E-state index contributed by atoms with van der Waals surface area (Å²) in [5.74, 6) is -0.362. The Kier molecular flexibility index (Phi) is 8.23. The topological polar surface area (TPSA) is 103 Å². The summed E-state index contributed by atoms with van der Waals surface area (Å²) in [6.45, 7) is 8.33. The van der Waals surface area contributed by atoms with Crippen LogP contribution in [0.4, 0.5) is 5.13 Å². The molecule has 3 aromatic rings. The molecule has 2 aromatic carbocycles. The number of rotatable bonds is 10. The summed E-state index contributed by atoms with van der Waals surface area (Å²) in [4.78, 5) is 33.3. The number of amides is 1. The molecule has 1 aliphatic carbocycles. The van der Waals surface area contributed by atoms with Gasteiger partial charge in [-0.15, -0.1) is 11.3 Å². The number of aryl methyl sites for hydroxylation is 2. The summed E-state index contributed by atoms with van der Waals surface area (Å²) in [5.41, 5.74) is 6.38. The lowest BCUT2D eigenvalue weighted by molar-refractivity contribution is -0.141. The van der Waals surface area contributed by atoms with Crippen LogP contribution < -0.4 is 9.64 Å². The zero-order chi connectivity index (χ0) is 28.4. The number of allylic oxidation sites excluding steroid dienone is 1. The lowest BCUT2D eigenvalue weighted by Crippen LogP contribution is -2.42. The fourth-order valence-corrected chi connectivity index (χ4v) is 6.48. The number of aliphatic carboxylic acids is 1. The minimum atomic E-state index is -0.726. The Morgan fingerprint density at radius 3 is 2.73 bits per heavy atom. The minimum Gasteiger partial charge on any atom is -0.488 e. The summed E-state index contributed by atoms with van der Waals surface area (Å²) in [6.07, 6.45) is 2.90. The van der Waals surface area contributed by atoms with E-state index >= 15 is 0 Å². The molecule has 2 N–H and O–H groups in total. The standard InChI is InChI=1S/C31H35N3O5S/c1-4-33(11-12-35)29(36)21-6-9-24(20(3)14-21)17-39-27-10-5-19(2)13-25(27)26-18-40-31(32-26)34-15-22-7-8-23(16-34)28(22)30(37)38/h5-7,9-10,13-14,18,23,28,35H,4,8,11-12,15-17H2,1-3H3,(H,37,38)/t23-,28-/m1/s1. The largest absolute Gasteiger partial charge is 0.488 e. The quantitative estimate of drug-likeness (QED) is 0.339. The van der Waals surface area contributed by atoms with Crippen LogP contribution in [0.15, 0.2) is 53.4 Å². The van der Waals surface area contributed by atoms with Crippen LogP contribution in [-0.4, -0.2) is 64.8 Å². The van der Waals surface area contributed by atoms with E-state index in [1.165, 1.54) is 0 Å². The third kappa shape index (κ3) is 5.62. The zero-order valence-corrected chi connectivity index (χ0v) is 23.9. The molecule has 0 unspecified atom stereocenters. The van der Waals surface area contributed by atoms with Crippen molar-refractivity contribution in [2.24, 2.45) is 11.8 Å². The number of carboxylic acid groups (broad SMARTS) is 1. The molecule has 2 heterocycles. The van der Waals surface area contributed by atoms with Gasteiger partial charge in [-0.1, -0.05) is 23.8 Å². The van der Waals surface area contributed by atoms with Crippen LogP contribution in [0.1, 0.15) is 40.4 Å². The van der Waals surface area contributed by atoms with Crippen molar-refractivity contribution >= 4 is 28.3 Å². The molecule has 1 amide bonds. The van der Waals surface area contributed by atoms with Crippen molar-refractivity contribution in [2.75, 3.05) is 37.7 Å². The Balaban J connectivity index is 1.31. The average Bonchev–Trinajstić information content (AvgIpc) is 3.54. The van der Waals surface area contributed by atoms with Crippen LogP contribution >= 0.6 is 11.3 Å². The van der Waals surface area contributed by atoms with Crippen molar-refractivity contribution < 1.29 is 24.5 Å². The average molecular weight is 562 g/mol. The van der Waals surface area contributed by atoms with Gasteiger partial charge in [-0.05, 0) is 74.1 Å². The predicted molar refractivity (Wildman–Crippen MR) is 156 cm³/mol. The number of carbonyl (C=O) groups excluding carboxylic acids is 1. The maximum Gasteiger partial charge on any atom is 0.311 e. The number of thiazole rings is 1. The van der Waals surface area contributed by atoms with Gasteiger partial charge in [-0.2, -0.15) is 0 Å². The van der Waals surface area contributed by atoms with Crippen molar-refractivity contribution in [3.05, 3.63) is 75.7 Å². The van der Waals surface area contributed by atoms with Crippen molar-refractivity contribution in [3.8, 4) is 17.0 Å². The van der Waals surface area contributed by atoms with E-state index in [-0.39, 0.29) is 24.3 Å². The molecule has 2 bridgehead atoms. The first kappa shape index (κ1) is 27.9. The van der Waals surface area contributed by atoms with Gasteiger partial charge in [-0.3, -0.25) is 9.59 Å². The lowest BCUT2D eigenvalue weighted by Gasteiger charge is -2.34. The van der Waals surface area contributed by atoms with Crippen molar-refractivity contribution in [3.63, 3.8) is 0 Å². The van der Waals surface area contributed by atoms with Crippen molar-refractivity contribution in [2.45, 2.75) is 33.8 Å². The molecule has 1 aliphatic heterocycles. The zero-order valence-electron chi connectivity index (χ0n) is 23.1. The highest BCUT2D eigenvalue weighted by molar-refractivity contribution is 7.14. The van der Waals surface area contributed by atoms with E-state index in [9.17, 15) is 19.8 Å². The number of carbonyl (C=O) groups is 2. The van der Waals surface area contributed by atoms with Gasteiger partial charge in [0.05, 0.1) is 18.2 Å². The number of aliphatic hydroxyl groups excluding tert-OH is 1. The second-order valence-electron chi connectivity index (χ2n) is 10.5. The fraction of sp³-hybridized carbons (Fsp3) is 0.387. The summed E-state index contributed by atoms with van der Waals surface area (Å²) >= 11 is 1.57. The van der Waals surface area contributed by atoms with E-state index in [1.54, 1.807) is 16.2 Å². The van der Waals surface area contributed by atoms with Gasteiger partial charge in [0.1, 0.15) is 12.4 Å². The molecule has 0 saturated carbocycles. The molecular weight excluding hydrogens is 526 g/mol. The third-order valence-electron chi connectivity index (χ3n) is 7.83. The first-order valence-electron chi connectivity index (χ1n) is 13.6. The molecule has 8 nitrogen and oxygen atoms in total. The number of anilines is 1. The van der Waals surface area contributed by atoms with E-state index in [4.69, 9.17) is 9.72 Å². The second kappa shape index (κ2) is 11.8. The van der Waals surface area contributed by atoms with Gasteiger partial charge >= 0.3 is 5.97 Å². The number of likely N-dealkylation sites (N-methyl/N-ethyl adjacent to an activating group) is 1. The molecular formula is C31H35N3O5S. The number of aromatic nitrogens is 1. The maximum absolute atomic E-state index is 12.8. The number of fused-ring (bicyclic) bond motifs is 2. The number of ether oxygens (including phenoxy) is 1. The molecule has 210 valence electrons. The molecule has 0 radical (unpaired) electrons. The fourth-order valence-electron chi connectivity index (χ4n) is 5.64. The molecule has 1 fully saturated rings. The minimum absolute atomic E-state index is 0.0638. The summed E-state index contributed by atoms with van der Waals surface area (Å²) in [6, 6.07) is 11.7. The number of hydrogen-bond donors (Lipinski definition) is 2. The summed E-state index contributed by atoms with van der Waals surface area (Å²) in [7, 11) is 0. The van der Waals surface area contributed by atoms with E-state index in [0.29, 0.717) is 38.3 Å². The highest BCUT2D eigenvalue weighted by Crippen LogP contribution is 2.41. The lowest BCUT2D eigenvalue weighted by atomic mass is 9.87. The number of benzene rings is 2. The number of nitrogens with zero attached hydrogens (tertiary/aromatic N) is 3. The summed E-state index contributed by atoms with van der Waals surface area (Å²) in [5, 5.41) is 21.8. The molecule has 5 rings (SSSR count). The van der Waals surface area contributed by atoms with E-state index in [0.717, 1.165) is 50.8 Å². The molecule has 2 aliphatic rings. The van der Waals surface area contributed by atoms with Crippen LogP contribution in [0.2, 0.25) is 0 Å². The molecule has 1 saturated heterocycles. The predicted octanol–water partition coefficient (Wildman–Crippen LogP) is 4.93. The van der Waals surface area contributed by atoms with Gasteiger partial charge in [0.25, 0.3) is 5.91 Å². The van der Waals surface area contributed by atoms with Gasteiger partial charge < -0.3 is 24.7 Å². The number of piperidine rings is 1. The highest BCUT2D eigenvalue weighted by Gasteiger charge is 2.41. The molecule has 2 atom stereocenters. The van der Waals surface area contributed by atoms with Crippen LogP contribution in [-0.2, 0) is 11.4 Å². The van der Waals surface area contributed by atoms with Crippen LogP contribution in [0.5, 0.6) is 5.75 Å². The Hall–Kier alpha value is -3.69. The van der Waals surface area contributed by atoms with E-state index in [2.05, 4.69) is 17.0 Å². The Bertz CT molecular complexity index is 1450. The Morgan fingerprint density at radius 1 is 1.20 bits per heavy atom. The van der Waals surface area contributed by atoms with Crippen molar-refractivity contribution in [1.29, 1.82) is 0 Å². The van der Waals surface area contributed by atoms with Crippen molar-refractivity contribution in [1.82, 2.24) is 9.88 Å². The van der Waals surface area contributed by atoms with E-state index < -0.39 is 5.97 Å². The number of hydrogen-bond acceptors (Lipinski definition) is 7. The Labute approximate surface area is 238 Å². The van der Waals surface area contributed by atoms with Gasteiger partial charge in [0, 0.05) is 42.7 Å². The first-order chi connectivity index (χ1) is 19.3. The molecule has 9 heteroatoms. The number of carboxylic acids is 1.